The van der Waals surface area contributed by atoms with E-state index < -0.39 is 5.91 Å². The van der Waals surface area contributed by atoms with E-state index >= 15 is 0 Å². The van der Waals surface area contributed by atoms with E-state index in [0.717, 1.165) is 12.0 Å². The molecule has 5 N–H and O–H groups in total. The van der Waals surface area contributed by atoms with Gasteiger partial charge in [0, 0.05) is 23.2 Å². The van der Waals surface area contributed by atoms with Crippen LogP contribution in [0.3, 0.4) is 0 Å². The first-order chi connectivity index (χ1) is 12.1. The van der Waals surface area contributed by atoms with Crippen molar-refractivity contribution < 1.29 is 9.59 Å². The van der Waals surface area contributed by atoms with Gasteiger partial charge in [-0.3, -0.25) is 9.59 Å². The van der Waals surface area contributed by atoms with E-state index in [1.165, 1.54) is 37.0 Å². The molecule has 0 spiro atoms. The standard InChI is InChI=1S/C17H21N5O2S/c18-15(23)12-6-10(7-19-12)14-8-25-17(21-14)22-16(24)13-5-9-3-1-2-4-11(9)20-13/h6-9,11,13,19-20H,1-5H2,(H2,18,23)(H,21,22,24). The van der Waals surface area contributed by atoms with E-state index in [1.54, 1.807) is 12.3 Å². The minimum Gasteiger partial charge on any atom is -0.364 e. The van der Waals surface area contributed by atoms with E-state index in [0.29, 0.717) is 28.5 Å². The van der Waals surface area contributed by atoms with Gasteiger partial charge < -0.3 is 21.4 Å². The summed E-state index contributed by atoms with van der Waals surface area (Å²) in [4.78, 5) is 30.9. The van der Waals surface area contributed by atoms with Crippen LogP contribution in [0.5, 0.6) is 0 Å². The monoisotopic (exact) mass is 359 g/mol. The molecule has 25 heavy (non-hydrogen) atoms. The molecule has 2 aromatic rings. The SMILES string of the molecule is NC(=O)c1cc(-c2csc(NC(=O)C3CC4CCCCC4N3)n2)c[nH]1. The lowest BCUT2D eigenvalue weighted by atomic mass is 9.85. The number of aromatic nitrogens is 2. The summed E-state index contributed by atoms with van der Waals surface area (Å²) in [5, 5.41) is 8.81. The minimum absolute atomic E-state index is 0.0119. The second-order valence-corrected chi connectivity index (χ2v) is 7.66. The zero-order valence-electron chi connectivity index (χ0n) is 13.7. The molecule has 132 valence electrons. The number of nitrogens with zero attached hydrogens (tertiary/aromatic N) is 1. The molecule has 8 heteroatoms. The first-order valence-electron chi connectivity index (χ1n) is 8.61. The Morgan fingerprint density at radius 2 is 2.16 bits per heavy atom. The molecule has 0 radical (unpaired) electrons. The zero-order chi connectivity index (χ0) is 17.4. The Bertz CT molecular complexity index is 785. The molecular weight excluding hydrogens is 338 g/mol. The summed E-state index contributed by atoms with van der Waals surface area (Å²) >= 11 is 1.37. The van der Waals surface area contributed by atoms with Crippen LogP contribution in [0.1, 0.15) is 42.6 Å². The molecule has 2 aromatic heterocycles. The lowest BCUT2D eigenvalue weighted by Crippen LogP contribution is -2.39. The summed E-state index contributed by atoms with van der Waals surface area (Å²) in [5.74, 6) is 0.106. The van der Waals surface area contributed by atoms with Gasteiger partial charge in [0.1, 0.15) is 5.69 Å². The lowest BCUT2D eigenvalue weighted by molar-refractivity contribution is -0.117. The van der Waals surface area contributed by atoms with Gasteiger partial charge in [0.15, 0.2) is 5.13 Å². The molecule has 1 saturated carbocycles. The van der Waals surface area contributed by atoms with Gasteiger partial charge in [0.2, 0.25) is 5.91 Å². The third-order valence-electron chi connectivity index (χ3n) is 5.16. The molecule has 2 fully saturated rings. The number of hydrogen-bond acceptors (Lipinski definition) is 5. The largest absolute Gasteiger partial charge is 0.364 e. The molecule has 3 unspecified atom stereocenters. The van der Waals surface area contributed by atoms with Crippen LogP contribution >= 0.6 is 11.3 Å². The fraction of sp³-hybridized carbons (Fsp3) is 0.471. The van der Waals surface area contributed by atoms with Gasteiger partial charge in [-0.1, -0.05) is 12.8 Å². The number of nitrogens with one attached hydrogen (secondary N) is 3. The number of aromatic amines is 1. The van der Waals surface area contributed by atoms with Crippen molar-refractivity contribution in [2.75, 3.05) is 5.32 Å². The van der Waals surface area contributed by atoms with Gasteiger partial charge in [-0.2, -0.15) is 0 Å². The second kappa shape index (κ2) is 6.61. The van der Waals surface area contributed by atoms with E-state index in [9.17, 15) is 9.59 Å². The third-order valence-corrected chi connectivity index (χ3v) is 5.92. The summed E-state index contributed by atoms with van der Waals surface area (Å²) in [6.07, 6.45) is 7.52. The average Bonchev–Trinajstić information content (AvgIpc) is 3.32. The second-order valence-electron chi connectivity index (χ2n) is 6.80. The maximum absolute atomic E-state index is 12.5. The van der Waals surface area contributed by atoms with Gasteiger partial charge >= 0.3 is 0 Å². The van der Waals surface area contributed by atoms with Crippen molar-refractivity contribution in [3.05, 3.63) is 23.3 Å². The minimum atomic E-state index is -0.510. The summed E-state index contributed by atoms with van der Waals surface area (Å²) in [7, 11) is 0. The molecule has 1 saturated heterocycles. The van der Waals surface area contributed by atoms with Gasteiger partial charge in [0.25, 0.3) is 5.91 Å². The Balaban J connectivity index is 1.40. The van der Waals surface area contributed by atoms with Crippen LogP contribution in [0, 0.1) is 5.92 Å². The molecule has 0 bridgehead atoms. The van der Waals surface area contributed by atoms with Crippen LogP contribution in [-0.4, -0.2) is 33.9 Å². The lowest BCUT2D eigenvalue weighted by Gasteiger charge is -2.24. The number of H-pyrrole nitrogens is 1. The summed E-state index contributed by atoms with van der Waals surface area (Å²) in [6, 6.07) is 2.02. The Morgan fingerprint density at radius 1 is 1.32 bits per heavy atom. The molecular formula is C17H21N5O2S. The summed E-state index contributed by atoms with van der Waals surface area (Å²) in [6.45, 7) is 0. The molecule has 7 nitrogen and oxygen atoms in total. The van der Waals surface area contributed by atoms with Crippen LogP contribution in [0.4, 0.5) is 5.13 Å². The first kappa shape index (κ1) is 16.3. The van der Waals surface area contributed by atoms with Crippen LogP contribution in [0.15, 0.2) is 17.6 Å². The van der Waals surface area contributed by atoms with Gasteiger partial charge in [0.05, 0.1) is 11.7 Å². The van der Waals surface area contributed by atoms with Gasteiger partial charge in [-0.15, -0.1) is 11.3 Å². The Kier molecular flexibility index (Phi) is 4.30. The maximum Gasteiger partial charge on any atom is 0.265 e. The number of fused-ring (bicyclic) bond motifs is 1. The van der Waals surface area contributed by atoms with E-state index in [4.69, 9.17) is 5.73 Å². The number of primary amides is 1. The molecule has 3 heterocycles. The smallest absolute Gasteiger partial charge is 0.265 e. The summed E-state index contributed by atoms with van der Waals surface area (Å²) < 4.78 is 0. The number of carbonyl (C=O) groups excluding carboxylic acids is 2. The van der Waals surface area contributed by atoms with Crippen molar-refractivity contribution >= 4 is 28.3 Å². The first-order valence-corrected chi connectivity index (χ1v) is 9.49. The van der Waals surface area contributed by atoms with Crippen molar-refractivity contribution in [2.24, 2.45) is 11.7 Å². The van der Waals surface area contributed by atoms with Crippen molar-refractivity contribution in [2.45, 2.75) is 44.2 Å². The van der Waals surface area contributed by atoms with Gasteiger partial charge in [-0.05, 0) is 31.2 Å². The highest BCUT2D eigenvalue weighted by molar-refractivity contribution is 7.14. The van der Waals surface area contributed by atoms with Crippen molar-refractivity contribution in [1.82, 2.24) is 15.3 Å². The Labute approximate surface area is 149 Å². The third kappa shape index (κ3) is 3.32. The number of thiazole rings is 1. The van der Waals surface area contributed by atoms with Crippen molar-refractivity contribution in [3.63, 3.8) is 0 Å². The van der Waals surface area contributed by atoms with E-state index in [2.05, 4.69) is 20.6 Å². The predicted molar refractivity (Wildman–Crippen MR) is 96.3 cm³/mol. The number of amides is 2. The maximum atomic E-state index is 12.5. The number of nitrogens with two attached hydrogens (primary N) is 1. The quantitative estimate of drug-likeness (QED) is 0.669. The Hall–Kier alpha value is -2.19. The highest BCUT2D eigenvalue weighted by Gasteiger charge is 2.38. The number of carbonyl (C=O) groups is 2. The molecule has 1 aliphatic carbocycles. The predicted octanol–water partition coefficient (Wildman–Crippen LogP) is 2.10. The summed E-state index contributed by atoms with van der Waals surface area (Å²) in [5.41, 5.74) is 7.06. The van der Waals surface area contributed by atoms with Crippen molar-refractivity contribution in [3.8, 4) is 11.3 Å². The van der Waals surface area contributed by atoms with Crippen molar-refractivity contribution in [1.29, 1.82) is 0 Å². The Morgan fingerprint density at radius 3 is 2.92 bits per heavy atom. The normalized spacial score (nSPS) is 25.5. The molecule has 1 aliphatic heterocycles. The average molecular weight is 359 g/mol. The van der Waals surface area contributed by atoms with Crippen LogP contribution in [0.2, 0.25) is 0 Å². The topological polar surface area (TPSA) is 113 Å². The van der Waals surface area contributed by atoms with E-state index in [1.807, 2.05) is 5.38 Å². The van der Waals surface area contributed by atoms with Crippen LogP contribution < -0.4 is 16.4 Å². The molecule has 4 rings (SSSR count). The van der Waals surface area contributed by atoms with Crippen LogP contribution in [-0.2, 0) is 4.79 Å². The fourth-order valence-corrected chi connectivity index (χ4v) is 4.58. The van der Waals surface area contributed by atoms with Gasteiger partial charge in [-0.25, -0.2) is 4.98 Å². The van der Waals surface area contributed by atoms with E-state index in [-0.39, 0.29) is 11.9 Å². The fourth-order valence-electron chi connectivity index (χ4n) is 3.86. The number of hydrogen-bond donors (Lipinski definition) is 4. The highest BCUT2D eigenvalue weighted by Crippen LogP contribution is 2.34. The number of anilines is 1. The zero-order valence-corrected chi connectivity index (χ0v) is 14.6. The highest BCUT2D eigenvalue weighted by atomic mass is 32.1. The molecule has 0 aromatic carbocycles. The van der Waals surface area contributed by atoms with Crippen LogP contribution in [0.25, 0.3) is 11.3 Å². The molecule has 2 aliphatic rings. The number of rotatable bonds is 4. The molecule has 2 amide bonds. The molecule has 3 atom stereocenters.